The zero-order valence-electron chi connectivity index (χ0n) is 11.7. The van der Waals surface area contributed by atoms with E-state index in [-0.39, 0.29) is 5.91 Å². The van der Waals surface area contributed by atoms with Gasteiger partial charge in [-0.25, -0.2) is 4.68 Å². The van der Waals surface area contributed by atoms with E-state index in [9.17, 15) is 4.79 Å². The normalized spacial score (nSPS) is 10.5. The van der Waals surface area contributed by atoms with E-state index in [1.54, 1.807) is 30.3 Å². The number of nitrogens with one attached hydrogen (secondary N) is 1. The van der Waals surface area contributed by atoms with Gasteiger partial charge >= 0.3 is 0 Å². The maximum atomic E-state index is 12.4. The summed E-state index contributed by atoms with van der Waals surface area (Å²) in [6.45, 7) is 1.86. The molecule has 0 atom stereocenters. The van der Waals surface area contributed by atoms with Gasteiger partial charge in [-0.3, -0.25) is 4.79 Å². The molecular weight excluding hydrogens is 302 g/mol. The van der Waals surface area contributed by atoms with Crippen molar-refractivity contribution in [3.05, 3.63) is 64.9 Å². The third-order valence-electron chi connectivity index (χ3n) is 3.24. The highest BCUT2D eigenvalue weighted by molar-refractivity contribution is 6.31. The molecule has 0 fully saturated rings. The summed E-state index contributed by atoms with van der Waals surface area (Å²) in [7, 11) is 0. The summed E-state index contributed by atoms with van der Waals surface area (Å²) in [5, 5.41) is 14.4. The summed E-state index contributed by atoms with van der Waals surface area (Å²) in [6, 6.07) is 12.4. The van der Waals surface area contributed by atoms with Crippen LogP contribution >= 0.6 is 11.6 Å². The van der Waals surface area contributed by atoms with Crippen LogP contribution in [0.3, 0.4) is 0 Å². The minimum Gasteiger partial charge on any atom is -0.322 e. The molecule has 0 saturated carbocycles. The van der Waals surface area contributed by atoms with Crippen LogP contribution in [-0.2, 0) is 0 Å². The van der Waals surface area contributed by atoms with Crippen molar-refractivity contribution in [1.82, 2.24) is 20.2 Å². The molecule has 1 N–H and O–H groups in total. The molecule has 0 saturated heterocycles. The topological polar surface area (TPSA) is 72.7 Å². The molecule has 110 valence electrons. The Morgan fingerprint density at radius 1 is 1.23 bits per heavy atom. The number of halogens is 1. The number of benzene rings is 2. The predicted octanol–water partition coefficient (Wildman–Crippen LogP) is 2.88. The smallest absolute Gasteiger partial charge is 0.255 e. The summed E-state index contributed by atoms with van der Waals surface area (Å²) in [5.74, 6) is -0.222. The number of aromatic nitrogens is 4. The monoisotopic (exact) mass is 313 g/mol. The van der Waals surface area contributed by atoms with Gasteiger partial charge < -0.3 is 5.32 Å². The van der Waals surface area contributed by atoms with Crippen molar-refractivity contribution in [2.45, 2.75) is 6.92 Å². The number of tetrazole rings is 1. The van der Waals surface area contributed by atoms with Crippen LogP contribution in [0, 0.1) is 6.92 Å². The third-order valence-corrected chi connectivity index (χ3v) is 3.65. The Kier molecular flexibility index (Phi) is 3.84. The van der Waals surface area contributed by atoms with Crippen molar-refractivity contribution in [2.75, 3.05) is 5.32 Å². The molecule has 3 aromatic rings. The molecule has 0 aliphatic rings. The lowest BCUT2D eigenvalue weighted by Crippen LogP contribution is -2.13. The fourth-order valence-electron chi connectivity index (χ4n) is 2.01. The van der Waals surface area contributed by atoms with Crippen LogP contribution in [0.25, 0.3) is 5.69 Å². The van der Waals surface area contributed by atoms with Crippen LogP contribution in [0.15, 0.2) is 48.8 Å². The Morgan fingerprint density at radius 2 is 2.05 bits per heavy atom. The van der Waals surface area contributed by atoms with Crippen molar-refractivity contribution in [2.24, 2.45) is 0 Å². The van der Waals surface area contributed by atoms with E-state index in [0.717, 1.165) is 5.56 Å². The van der Waals surface area contributed by atoms with Gasteiger partial charge in [0.2, 0.25) is 0 Å². The molecule has 22 heavy (non-hydrogen) atoms. The van der Waals surface area contributed by atoms with Gasteiger partial charge in [-0.1, -0.05) is 23.7 Å². The number of hydrogen-bond donors (Lipinski definition) is 1. The van der Waals surface area contributed by atoms with Crippen molar-refractivity contribution in [3.8, 4) is 5.69 Å². The van der Waals surface area contributed by atoms with E-state index in [1.807, 2.05) is 19.1 Å². The quantitative estimate of drug-likeness (QED) is 0.807. The first-order valence-corrected chi connectivity index (χ1v) is 6.93. The molecular formula is C15H12ClN5O. The molecule has 0 unspecified atom stereocenters. The van der Waals surface area contributed by atoms with Gasteiger partial charge in [-0.2, -0.15) is 0 Å². The highest BCUT2D eigenvalue weighted by atomic mass is 35.5. The maximum Gasteiger partial charge on any atom is 0.255 e. The van der Waals surface area contributed by atoms with Crippen LogP contribution in [0.4, 0.5) is 5.69 Å². The largest absolute Gasteiger partial charge is 0.322 e. The second kappa shape index (κ2) is 5.95. The molecule has 0 aliphatic heterocycles. The van der Waals surface area contributed by atoms with Crippen LogP contribution in [0.5, 0.6) is 0 Å². The second-order valence-electron chi connectivity index (χ2n) is 4.67. The minimum atomic E-state index is -0.222. The van der Waals surface area contributed by atoms with Gasteiger partial charge in [-0.15, -0.1) is 5.10 Å². The molecule has 2 aromatic carbocycles. The second-order valence-corrected chi connectivity index (χ2v) is 5.08. The zero-order valence-corrected chi connectivity index (χ0v) is 12.4. The molecule has 0 radical (unpaired) electrons. The number of hydrogen-bond acceptors (Lipinski definition) is 4. The molecule has 1 aromatic heterocycles. The first kappa shape index (κ1) is 14.2. The van der Waals surface area contributed by atoms with Gasteiger partial charge in [0, 0.05) is 16.3 Å². The standard InChI is InChI=1S/C15H12ClN5O/c1-10-13(16)6-3-7-14(10)18-15(22)11-4-2-5-12(8-11)21-9-17-19-20-21/h2-9H,1H3,(H,18,22). The number of nitrogens with zero attached hydrogens (tertiary/aromatic N) is 4. The molecule has 7 heteroatoms. The number of carbonyl (C=O) groups is 1. The van der Waals surface area contributed by atoms with Crippen LogP contribution in [-0.4, -0.2) is 26.1 Å². The number of anilines is 1. The first-order chi connectivity index (χ1) is 10.6. The zero-order chi connectivity index (χ0) is 15.5. The van der Waals surface area contributed by atoms with Crippen LogP contribution in [0.1, 0.15) is 15.9 Å². The molecule has 0 spiro atoms. The van der Waals surface area contributed by atoms with Crippen LogP contribution in [0.2, 0.25) is 5.02 Å². The summed E-state index contributed by atoms with van der Waals surface area (Å²) in [4.78, 5) is 12.4. The Hall–Kier alpha value is -2.73. The van der Waals surface area contributed by atoms with Crippen molar-refractivity contribution in [3.63, 3.8) is 0 Å². The average molecular weight is 314 g/mol. The molecule has 0 bridgehead atoms. The number of carbonyl (C=O) groups excluding carboxylic acids is 1. The molecule has 6 nitrogen and oxygen atoms in total. The molecule has 0 aliphatic carbocycles. The van der Waals surface area contributed by atoms with E-state index in [2.05, 4.69) is 20.8 Å². The fourth-order valence-corrected chi connectivity index (χ4v) is 2.18. The highest BCUT2D eigenvalue weighted by Crippen LogP contribution is 2.23. The lowest BCUT2D eigenvalue weighted by atomic mass is 10.1. The van der Waals surface area contributed by atoms with E-state index in [0.29, 0.717) is 22.0 Å². The Balaban J connectivity index is 1.87. The van der Waals surface area contributed by atoms with Gasteiger partial charge in [0.15, 0.2) is 0 Å². The molecule has 3 rings (SSSR count). The summed E-state index contributed by atoms with van der Waals surface area (Å²) in [5.41, 5.74) is 2.73. The Labute approximate surface area is 131 Å². The summed E-state index contributed by atoms with van der Waals surface area (Å²) in [6.07, 6.45) is 1.47. The Morgan fingerprint density at radius 3 is 2.82 bits per heavy atom. The number of amides is 1. The van der Waals surface area contributed by atoms with E-state index >= 15 is 0 Å². The molecule has 1 amide bonds. The van der Waals surface area contributed by atoms with E-state index in [1.165, 1.54) is 11.0 Å². The van der Waals surface area contributed by atoms with Gasteiger partial charge in [0.1, 0.15) is 6.33 Å². The lowest BCUT2D eigenvalue weighted by molar-refractivity contribution is 0.102. The van der Waals surface area contributed by atoms with Crippen molar-refractivity contribution < 1.29 is 4.79 Å². The highest BCUT2D eigenvalue weighted by Gasteiger charge is 2.10. The average Bonchev–Trinajstić information content (AvgIpc) is 3.06. The lowest BCUT2D eigenvalue weighted by Gasteiger charge is -2.10. The maximum absolute atomic E-state index is 12.4. The first-order valence-electron chi connectivity index (χ1n) is 6.55. The van der Waals surface area contributed by atoms with E-state index in [4.69, 9.17) is 11.6 Å². The van der Waals surface area contributed by atoms with E-state index < -0.39 is 0 Å². The fraction of sp³-hybridized carbons (Fsp3) is 0.0667. The molecule has 1 heterocycles. The summed E-state index contributed by atoms with van der Waals surface area (Å²) < 4.78 is 1.49. The van der Waals surface area contributed by atoms with Crippen molar-refractivity contribution in [1.29, 1.82) is 0 Å². The Bertz CT molecular complexity index is 817. The SMILES string of the molecule is Cc1c(Cl)cccc1NC(=O)c1cccc(-n2cnnn2)c1. The minimum absolute atomic E-state index is 0.222. The van der Waals surface area contributed by atoms with Gasteiger partial charge in [0.05, 0.1) is 5.69 Å². The number of rotatable bonds is 3. The summed E-state index contributed by atoms with van der Waals surface area (Å²) >= 11 is 6.06. The van der Waals surface area contributed by atoms with Crippen LogP contribution < -0.4 is 5.32 Å². The predicted molar refractivity (Wildman–Crippen MR) is 83.3 cm³/mol. The van der Waals surface area contributed by atoms with Crippen molar-refractivity contribution >= 4 is 23.2 Å². The third kappa shape index (κ3) is 2.82. The van der Waals surface area contributed by atoms with Gasteiger partial charge in [-0.05, 0) is 53.2 Å². The van der Waals surface area contributed by atoms with Gasteiger partial charge in [0.25, 0.3) is 5.91 Å².